The summed E-state index contributed by atoms with van der Waals surface area (Å²) in [6.45, 7) is 5.26. The molecule has 6 heteroatoms. The lowest BCUT2D eigenvalue weighted by Crippen LogP contribution is -2.60. The number of hydrogen-bond donors (Lipinski definition) is 0. The van der Waals surface area contributed by atoms with E-state index in [0.29, 0.717) is 5.41 Å². The number of rotatable bonds is 4. The highest BCUT2D eigenvalue weighted by atomic mass is 32.1. The van der Waals surface area contributed by atoms with Crippen LogP contribution in [0.25, 0.3) is 0 Å². The Kier molecular flexibility index (Phi) is 4.05. The molecule has 0 saturated carbocycles. The van der Waals surface area contributed by atoms with Crippen LogP contribution in [0, 0.1) is 5.41 Å². The van der Waals surface area contributed by atoms with Crippen molar-refractivity contribution in [2.75, 3.05) is 39.9 Å². The van der Waals surface area contributed by atoms with E-state index in [2.05, 4.69) is 9.88 Å². The van der Waals surface area contributed by atoms with Gasteiger partial charge < -0.3 is 9.64 Å². The van der Waals surface area contributed by atoms with Crippen LogP contribution in [0.1, 0.15) is 17.8 Å². The van der Waals surface area contributed by atoms with Gasteiger partial charge in [-0.05, 0) is 18.3 Å². The van der Waals surface area contributed by atoms with Crippen molar-refractivity contribution in [2.45, 2.75) is 19.4 Å². The molecule has 1 spiro atoms. The van der Waals surface area contributed by atoms with Crippen molar-refractivity contribution in [1.29, 1.82) is 0 Å². The molecule has 5 nitrogen and oxygen atoms in total. The second kappa shape index (κ2) is 5.79. The summed E-state index contributed by atoms with van der Waals surface area (Å²) in [6.07, 6.45) is 4.11. The third kappa shape index (κ3) is 2.87. The van der Waals surface area contributed by atoms with Crippen LogP contribution >= 0.6 is 11.3 Å². The van der Waals surface area contributed by atoms with E-state index in [1.165, 1.54) is 5.01 Å². The Labute approximate surface area is 123 Å². The van der Waals surface area contributed by atoms with Crippen LogP contribution in [0.5, 0.6) is 0 Å². The van der Waals surface area contributed by atoms with E-state index in [9.17, 15) is 4.79 Å². The summed E-state index contributed by atoms with van der Waals surface area (Å²) in [5, 5.41) is 3.23. The van der Waals surface area contributed by atoms with E-state index in [-0.39, 0.29) is 12.5 Å². The summed E-state index contributed by atoms with van der Waals surface area (Å²) < 4.78 is 4.92. The van der Waals surface area contributed by atoms with Gasteiger partial charge in [-0.3, -0.25) is 9.69 Å². The molecule has 0 unspecified atom stereocenters. The monoisotopic (exact) mass is 295 g/mol. The molecule has 0 bridgehead atoms. The second-order valence-corrected chi connectivity index (χ2v) is 6.86. The van der Waals surface area contributed by atoms with Crippen molar-refractivity contribution in [2.24, 2.45) is 5.41 Å². The summed E-state index contributed by atoms with van der Waals surface area (Å²) in [5.74, 6) is 0.126. The van der Waals surface area contributed by atoms with Crippen molar-refractivity contribution in [3.8, 4) is 0 Å². The minimum absolute atomic E-state index is 0.126. The minimum atomic E-state index is 0.126. The molecule has 1 aromatic heterocycles. The number of likely N-dealkylation sites (tertiary alicyclic amines) is 2. The van der Waals surface area contributed by atoms with Crippen LogP contribution in [0.4, 0.5) is 0 Å². The Bertz CT molecular complexity index is 447. The first-order valence-electron chi connectivity index (χ1n) is 7.08. The number of piperidine rings is 1. The zero-order valence-electron chi connectivity index (χ0n) is 11.9. The lowest BCUT2D eigenvalue weighted by Gasteiger charge is -2.54. The average molecular weight is 295 g/mol. The maximum Gasteiger partial charge on any atom is 0.248 e. The van der Waals surface area contributed by atoms with Crippen LogP contribution in [0.2, 0.25) is 0 Å². The van der Waals surface area contributed by atoms with E-state index >= 15 is 0 Å². The number of carbonyl (C=O) groups is 1. The highest BCUT2D eigenvalue weighted by Gasteiger charge is 2.45. The number of ether oxygens (including phenoxy) is 1. The van der Waals surface area contributed by atoms with Gasteiger partial charge in [0, 0.05) is 44.9 Å². The molecule has 0 N–H and O–H groups in total. The fourth-order valence-electron chi connectivity index (χ4n) is 3.30. The fourth-order valence-corrected chi connectivity index (χ4v) is 3.96. The maximum absolute atomic E-state index is 11.8. The van der Waals surface area contributed by atoms with Crippen molar-refractivity contribution < 1.29 is 9.53 Å². The fraction of sp³-hybridized carbons (Fsp3) is 0.714. The molecule has 110 valence electrons. The summed E-state index contributed by atoms with van der Waals surface area (Å²) in [5.41, 5.74) is 0.446. The van der Waals surface area contributed by atoms with Gasteiger partial charge in [-0.2, -0.15) is 0 Å². The number of amides is 1. The molecule has 2 aliphatic heterocycles. The first-order valence-corrected chi connectivity index (χ1v) is 7.96. The first-order chi connectivity index (χ1) is 9.71. The molecule has 0 aromatic carbocycles. The predicted octanol–water partition coefficient (Wildman–Crippen LogP) is 1.21. The van der Waals surface area contributed by atoms with Crippen molar-refractivity contribution in [3.05, 3.63) is 16.6 Å². The Hall–Kier alpha value is -0.980. The van der Waals surface area contributed by atoms with Crippen LogP contribution in [-0.2, 0) is 16.1 Å². The molecule has 1 aromatic rings. The maximum atomic E-state index is 11.8. The van der Waals surface area contributed by atoms with Crippen LogP contribution in [0.3, 0.4) is 0 Å². The molecule has 0 aliphatic carbocycles. The van der Waals surface area contributed by atoms with E-state index in [1.54, 1.807) is 18.4 Å². The van der Waals surface area contributed by atoms with Crippen molar-refractivity contribution >= 4 is 17.2 Å². The quantitative estimate of drug-likeness (QED) is 0.838. The number of methoxy groups -OCH3 is 1. The Morgan fingerprint density at radius 3 is 2.80 bits per heavy atom. The van der Waals surface area contributed by atoms with Gasteiger partial charge in [-0.25, -0.2) is 4.98 Å². The second-order valence-electron chi connectivity index (χ2n) is 5.88. The molecular formula is C14H21N3O2S. The van der Waals surface area contributed by atoms with Gasteiger partial charge in [-0.15, -0.1) is 11.3 Å². The third-order valence-electron chi connectivity index (χ3n) is 4.40. The molecule has 3 rings (SSSR count). The molecule has 0 radical (unpaired) electrons. The summed E-state index contributed by atoms with van der Waals surface area (Å²) >= 11 is 1.73. The SMILES string of the molecule is COCC(=O)N1CCC2(CC1)CN(Cc1nccs1)C2. The zero-order chi connectivity index (χ0) is 14.0. The van der Waals surface area contributed by atoms with Crippen molar-refractivity contribution in [3.63, 3.8) is 0 Å². The van der Waals surface area contributed by atoms with E-state index in [1.807, 2.05) is 16.5 Å². The molecule has 20 heavy (non-hydrogen) atoms. The van der Waals surface area contributed by atoms with Gasteiger partial charge >= 0.3 is 0 Å². The summed E-state index contributed by atoms with van der Waals surface area (Å²) in [7, 11) is 1.58. The van der Waals surface area contributed by atoms with Gasteiger partial charge in [0.05, 0.1) is 6.54 Å². The number of carbonyl (C=O) groups excluding carboxylic acids is 1. The van der Waals surface area contributed by atoms with E-state index < -0.39 is 0 Å². The third-order valence-corrected chi connectivity index (χ3v) is 5.17. The Morgan fingerprint density at radius 1 is 1.45 bits per heavy atom. The predicted molar refractivity (Wildman–Crippen MR) is 77.5 cm³/mol. The Morgan fingerprint density at radius 2 is 2.20 bits per heavy atom. The topological polar surface area (TPSA) is 45.7 Å². The standard InChI is InChI=1S/C14H21N3O2S/c1-19-9-13(18)17-5-2-14(3-6-17)10-16(11-14)8-12-15-4-7-20-12/h4,7H,2-3,5-6,8-11H2,1H3. The van der Waals surface area contributed by atoms with Gasteiger partial charge in [0.25, 0.3) is 0 Å². The van der Waals surface area contributed by atoms with Crippen LogP contribution < -0.4 is 0 Å². The largest absolute Gasteiger partial charge is 0.375 e. The molecule has 2 aliphatic rings. The normalized spacial score (nSPS) is 21.9. The van der Waals surface area contributed by atoms with Gasteiger partial charge in [0.2, 0.25) is 5.91 Å². The van der Waals surface area contributed by atoms with Gasteiger partial charge in [0.1, 0.15) is 11.6 Å². The highest BCUT2D eigenvalue weighted by Crippen LogP contribution is 2.41. The Balaban J connectivity index is 1.44. The van der Waals surface area contributed by atoms with Crippen molar-refractivity contribution in [1.82, 2.24) is 14.8 Å². The number of nitrogens with zero attached hydrogens (tertiary/aromatic N) is 3. The molecule has 0 atom stereocenters. The van der Waals surface area contributed by atoms with Crippen LogP contribution in [0.15, 0.2) is 11.6 Å². The summed E-state index contributed by atoms with van der Waals surface area (Å²) in [6, 6.07) is 0. The first kappa shape index (κ1) is 14.0. The number of hydrogen-bond acceptors (Lipinski definition) is 5. The van der Waals surface area contributed by atoms with Gasteiger partial charge in [-0.1, -0.05) is 0 Å². The zero-order valence-corrected chi connectivity index (χ0v) is 12.7. The summed E-state index contributed by atoms with van der Waals surface area (Å²) in [4.78, 5) is 20.5. The smallest absolute Gasteiger partial charge is 0.248 e. The molecule has 2 fully saturated rings. The minimum Gasteiger partial charge on any atom is -0.375 e. The molecule has 1 amide bonds. The van der Waals surface area contributed by atoms with E-state index in [4.69, 9.17) is 4.74 Å². The lowest BCUT2D eigenvalue weighted by atomic mass is 9.72. The highest BCUT2D eigenvalue weighted by molar-refractivity contribution is 7.09. The number of aromatic nitrogens is 1. The number of thiazole rings is 1. The lowest BCUT2D eigenvalue weighted by molar-refractivity contribution is -0.140. The van der Waals surface area contributed by atoms with Crippen LogP contribution in [-0.4, -0.2) is 60.6 Å². The molecule has 3 heterocycles. The average Bonchev–Trinajstić information content (AvgIpc) is 2.91. The molecular weight excluding hydrogens is 274 g/mol. The van der Waals surface area contributed by atoms with Gasteiger partial charge in [0.15, 0.2) is 0 Å². The molecule has 2 saturated heterocycles. The van der Waals surface area contributed by atoms with E-state index in [0.717, 1.165) is 45.6 Å².